The van der Waals surface area contributed by atoms with Crippen molar-refractivity contribution < 1.29 is 27.9 Å². The summed E-state index contributed by atoms with van der Waals surface area (Å²) in [6.07, 6.45) is 6.14. The minimum atomic E-state index is -0.650. The minimum absolute atomic E-state index is 0.195. The highest BCUT2D eigenvalue weighted by molar-refractivity contribution is 6.19. The predicted molar refractivity (Wildman–Crippen MR) is 191 cm³/mol. The maximum absolute atomic E-state index is 14.7. The predicted octanol–water partition coefficient (Wildman–Crippen LogP) is 4.65. The Morgan fingerprint density at radius 2 is 1.63 bits per heavy atom. The summed E-state index contributed by atoms with van der Waals surface area (Å²) in [5.41, 5.74) is 8.28. The maximum atomic E-state index is 14.7. The number of halogens is 2. The van der Waals surface area contributed by atoms with E-state index in [4.69, 9.17) is 20.0 Å². The molecule has 0 spiro atoms. The molecule has 0 saturated carbocycles. The number of methoxy groups -OCH3 is 1. The van der Waals surface area contributed by atoms with Gasteiger partial charge in [-0.25, -0.2) is 23.8 Å². The van der Waals surface area contributed by atoms with Gasteiger partial charge in [0, 0.05) is 112 Å². The topological polar surface area (TPSA) is 122 Å². The first-order chi connectivity index (χ1) is 24.8. The zero-order valence-electron chi connectivity index (χ0n) is 29.0. The van der Waals surface area contributed by atoms with Crippen molar-refractivity contribution >= 4 is 34.5 Å². The summed E-state index contributed by atoms with van der Waals surface area (Å²) in [5.74, 6) is -0.561. The molecule has 3 N–H and O–H groups in total. The van der Waals surface area contributed by atoms with Gasteiger partial charge >= 0.3 is 0 Å². The van der Waals surface area contributed by atoms with Gasteiger partial charge in [-0.15, -0.1) is 0 Å². The van der Waals surface area contributed by atoms with E-state index >= 15 is 0 Å². The first kappa shape index (κ1) is 35.1. The number of anilines is 4. The molecule has 1 aromatic heterocycles. The number of aromatic nitrogens is 2. The molecule has 4 aliphatic heterocycles. The van der Waals surface area contributed by atoms with Gasteiger partial charge in [0.25, 0.3) is 0 Å². The molecule has 272 valence electrons. The number of hydrogen-bond acceptors (Lipinski definition) is 11. The summed E-state index contributed by atoms with van der Waals surface area (Å²) in [6.45, 7) is 12.1. The van der Waals surface area contributed by atoms with E-state index in [1.807, 2.05) is 12.1 Å². The van der Waals surface area contributed by atoms with Crippen LogP contribution in [0.25, 0.3) is 5.57 Å². The van der Waals surface area contributed by atoms with Gasteiger partial charge in [-0.05, 0) is 37.8 Å². The van der Waals surface area contributed by atoms with Crippen molar-refractivity contribution in [2.24, 2.45) is 5.73 Å². The molecule has 4 saturated heterocycles. The number of primary amides is 1. The van der Waals surface area contributed by atoms with Gasteiger partial charge in [0.05, 0.1) is 25.4 Å². The number of piperidine rings is 1. The van der Waals surface area contributed by atoms with Crippen molar-refractivity contribution in [1.82, 2.24) is 19.8 Å². The largest absolute Gasteiger partial charge is 0.494 e. The summed E-state index contributed by atoms with van der Waals surface area (Å²) in [6, 6.07) is 9.57. The highest BCUT2D eigenvalue weighted by atomic mass is 19.1. The molecule has 14 heteroatoms. The summed E-state index contributed by atoms with van der Waals surface area (Å²) in [4.78, 5) is 34.7. The summed E-state index contributed by atoms with van der Waals surface area (Å²) < 4.78 is 39.7. The van der Waals surface area contributed by atoms with Crippen molar-refractivity contribution in [3.63, 3.8) is 0 Å². The molecule has 12 nitrogen and oxygen atoms in total. The minimum Gasteiger partial charge on any atom is -0.494 e. The lowest BCUT2D eigenvalue weighted by Crippen LogP contribution is -2.55. The second-order valence-electron chi connectivity index (χ2n) is 13.6. The fourth-order valence-electron chi connectivity index (χ4n) is 7.88. The standard InChI is InChI=1S/C37H46F2N8O4/c1-24(37(40)48)29-20-31(43-35-22-36(42-23-41-35)47-32(9-18-51-47)28-4-3-25(38)19-30(28)39)34(49-2)21-33(29)46-10-5-26(6-11-46)44-12-14-45(15-13-44)27-7-16-50-17-8-27/h3-4,19-23,26-27,32H,1,5-18H2,2H3,(H2,40,48)(H,41,42,43)/t32-/m1/s1. The molecule has 51 heavy (non-hydrogen) atoms. The second-order valence-corrected chi connectivity index (χ2v) is 13.6. The van der Waals surface area contributed by atoms with E-state index in [1.165, 1.54) is 23.5 Å². The van der Waals surface area contributed by atoms with E-state index < -0.39 is 23.6 Å². The monoisotopic (exact) mass is 704 g/mol. The lowest BCUT2D eigenvalue weighted by molar-refractivity contribution is -0.112. The second kappa shape index (κ2) is 15.5. The van der Waals surface area contributed by atoms with Crippen LogP contribution in [0.1, 0.15) is 49.3 Å². The Kier molecular flexibility index (Phi) is 10.6. The molecule has 0 radical (unpaired) electrons. The van der Waals surface area contributed by atoms with E-state index in [0.29, 0.717) is 59.3 Å². The number of hydrogen-bond donors (Lipinski definition) is 2. The smallest absolute Gasteiger partial charge is 0.248 e. The number of carbonyl (C=O) groups excluding carboxylic acids is 1. The lowest BCUT2D eigenvalue weighted by atomic mass is 9.97. The van der Waals surface area contributed by atoms with Crippen LogP contribution < -0.4 is 25.8 Å². The number of nitrogens with zero attached hydrogens (tertiary/aromatic N) is 6. The number of hydroxylamine groups is 1. The van der Waals surface area contributed by atoms with Gasteiger partial charge in [0.2, 0.25) is 5.91 Å². The fourth-order valence-corrected chi connectivity index (χ4v) is 7.88. The van der Waals surface area contributed by atoms with Crippen LogP contribution in [0.3, 0.4) is 0 Å². The Morgan fingerprint density at radius 3 is 2.29 bits per heavy atom. The Bertz CT molecular complexity index is 1720. The van der Waals surface area contributed by atoms with Crippen molar-refractivity contribution in [2.45, 2.75) is 50.2 Å². The number of piperazine rings is 1. The highest BCUT2D eigenvalue weighted by Gasteiger charge is 2.33. The van der Waals surface area contributed by atoms with Crippen molar-refractivity contribution in [3.8, 4) is 5.75 Å². The average molecular weight is 705 g/mol. The third-order valence-electron chi connectivity index (χ3n) is 10.7. The van der Waals surface area contributed by atoms with Crippen LogP contribution in [0.5, 0.6) is 5.75 Å². The van der Waals surface area contributed by atoms with Gasteiger partial charge in [-0.2, -0.15) is 0 Å². The van der Waals surface area contributed by atoms with E-state index in [-0.39, 0.29) is 5.57 Å². The van der Waals surface area contributed by atoms with Crippen LogP contribution in [-0.2, 0) is 14.4 Å². The summed E-state index contributed by atoms with van der Waals surface area (Å²) in [7, 11) is 1.59. The fraction of sp³-hybridized carbons (Fsp3) is 0.486. The molecule has 5 heterocycles. The number of nitrogens with two attached hydrogens (primary N) is 1. The Balaban J connectivity index is 1.06. The molecule has 2 aromatic carbocycles. The van der Waals surface area contributed by atoms with Gasteiger partial charge < -0.3 is 25.4 Å². The number of benzene rings is 2. The van der Waals surface area contributed by atoms with E-state index in [9.17, 15) is 13.6 Å². The molecule has 7 rings (SSSR count). The van der Waals surface area contributed by atoms with E-state index in [0.717, 1.165) is 89.9 Å². The number of ether oxygens (including phenoxy) is 2. The van der Waals surface area contributed by atoms with Crippen LogP contribution in [0.15, 0.2) is 49.3 Å². The molecule has 1 atom stereocenters. The summed E-state index contributed by atoms with van der Waals surface area (Å²) >= 11 is 0. The van der Waals surface area contributed by atoms with E-state index in [2.05, 4.69) is 36.6 Å². The highest BCUT2D eigenvalue weighted by Crippen LogP contribution is 2.40. The zero-order chi connectivity index (χ0) is 35.5. The quantitative estimate of drug-likeness (QED) is 0.287. The Hall–Kier alpha value is -4.37. The first-order valence-corrected chi connectivity index (χ1v) is 17.8. The third-order valence-corrected chi connectivity index (χ3v) is 10.7. The lowest BCUT2D eigenvalue weighted by Gasteiger charge is -2.45. The number of amides is 1. The van der Waals surface area contributed by atoms with Crippen molar-refractivity contribution in [1.29, 1.82) is 0 Å². The Morgan fingerprint density at radius 1 is 0.922 bits per heavy atom. The van der Waals surface area contributed by atoms with E-state index in [1.54, 1.807) is 13.2 Å². The molecule has 0 unspecified atom stereocenters. The molecule has 4 fully saturated rings. The maximum Gasteiger partial charge on any atom is 0.248 e. The van der Waals surface area contributed by atoms with Crippen LogP contribution in [0.2, 0.25) is 0 Å². The number of nitrogens with one attached hydrogen (secondary N) is 1. The first-order valence-electron chi connectivity index (χ1n) is 17.8. The van der Waals surface area contributed by atoms with Gasteiger partial charge in [-0.1, -0.05) is 12.6 Å². The molecule has 4 aliphatic rings. The van der Waals surface area contributed by atoms with Crippen LogP contribution >= 0.6 is 0 Å². The number of carbonyl (C=O) groups is 1. The van der Waals surface area contributed by atoms with Gasteiger partial charge in [0.15, 0.2) is 5.82 Å². The van der Waals surface area contributed by atoms with Crippen LogP contribution in [-0.4, -0.2) is 104 Å². The molecular formula is C37H46F2N8O4. The molecule has 3 aromatic rings. The van der Waals surface area contributed by atoms with Crippen molar-refractivity contribution in [3.05, 3.63) is 72.1 Å². The molecule has 0 aliphatic carbocycles. The zero-order valence-corrected chi connectivity index (χ0v) is 29.0. The number of rotatable bonds is 10. The third kappa shape index (κ3) is 7.64. The van der Waals surface area contributed by atoms with Gasteiger partial charge in [-0.3, -0.25) is 19.4 Å². The normalized spacial score (nSPS) is 21.2. The molecular weight excluding hydrogens is 658 g/mol. The van der Waals surface area contributed by atoms with Gasteiger partial charge in [0.1, 0.15) is 29.5 Å². The van der Waals surface area contributed by atoms with Crippen LogP contribution in [0, 0.1) is 11.6 Å². The summed E-state index contributed by atoms with van der Waals surface area (Å²) in [5, 5.41) is 4.80. The Labute approximate surface area is 297 Å². The molecule has 1 amide bonds. The van der Waals surface area contributed by atoms with Crippen molar-refractivity contribution in [2.75, 3.05) is 81.5 Å². The average Bonchev–Trinajstić information content (AvgIpc) is 3.65. The molecule has 0 bridgehead atoms. The van der Waals surface area contributed by atoms with Crippen LogP contribution in [0.4, 0.5) is 31.8 Å². The SMILES string of the molecule is C=C(C(N)=O)c1cc(Nc2cc(N3OCC[C@@H]3c3ccc(F)cc3F)ncn2)c(OC)cc1N1CCC(N2CCN(C3CCOCC3)CC2)CC1.